The molecular weight excluding hydrogens is 238 g/mol. The molecule has 0 aliphatic rings. The Balaban J connectivity index is 2.09. The van der Waals surface area contributed by atoms with Crippen molar-refractivity contribution >= 4 is 10.0 Å². The first kappa shape index (κ1) is 11.7. The van der Waals surface area contributed by atoms with Crippen molar-refractivity contribution in [1.82, 2.24) is 14.7 Å². The van der Waals surface area contributed by atoms with E-state index in [1.165, 1.54) is 6.33 Å². The Morgan fingerprint density at radius 2 is 1.88 bits per heavy atom. The summed E-state index contributed by atoms with van der Waals surface area (Å²) < 4.78 is 26.2. The number of hydrogen-bond donors (Lipinski definition) is 1. The van der Waals surface area contributed by atoms with Crippen molar-refractivity contribution in [2.24, 2.45) is 0 Å². The first-order valence-corrected chi connectivity index (χ1v) is 6.46. The lowest BCUT2D eigenvalue weighted by Crippen LogP contribution is -2.23. The van der Waals surface area contributed by atoms with Crippen LogP contribution in [0.15, 0.2) is 53.8 Å². The number of nitrogens with zero attached hydrogens (tertiary/aromatic N) is 2. The summed E-state index contributed by atoms with van der Waals surface area (Å²) >= 11 is 0. The molecule has 0 amide bonds. The number of hydrogen-bond acceptors (Lipinski definition) is 4. The van der Waals surface area contributed by atoms with Crippen LogP contribution in [0.3, 0.4) is 0 Å². The minimum atomic E-state index is -3.47. The largest absolute Gasteiger partial charge is 0.245 e. The van der Waals surface area contributed by atoms with E-state index in [-0.39, 0.29) is 11.4 Å². The van der Waals surface area contributed by atoms with Crippen molar-refractivity contribution < 1.29 is 8.42 Å². The molecule has 0 saturated carbocycles. The zero-order valence-corrected chi connectivity index (χ0v) is 9.76. The van der Waals surface area contributed by atoms with Gasteiger partial charge in [-0.3, -0.25) is 0 Å². The molecule has 17 heavy (non-hydrogen) atoms. The highest BCUT2D eigenvalue weighted by atomic mass is 32.2. The molecule has 0 bridgehead atoms. The Kier molecular flexibility index (Phi) is 3.46. The first-order chi connectivity index (χ1) is 8.18. The summed E-state index contributed by atoms with van der Waals surface area (Å²) in [6.45, 7) is 0.153. The average molecular weight is 249 g/mol. The Morgan fingerprint density at radius 1 is 1.12 bits per heavy atom. The fraction of sp³-hybridized carbons (Fsp3) is 0.0909. The Morgan fingerprint density at radius 3 is 2.53 bits per heavy atom. The molecule has 0 spiro atoms. The van der Waals surface area contributed by atoms with E-state index in [9.17, 15) is 8.42 Å². The molecule has 88 valence electrons. The molecule has 5 nitrogen and oxygen atoms in total. The van der Waals surface area contributed by atoms with Gasteiger partial charge in [0, 0.05) is 6.20 Å². The van der Waals surface area contributed by atoms with Crippen molar-refractivity contribution in [2.45, 2.75) is 11.4 Å². The highest BCUT2D eigenvalue weighted by molar-refractivity contribution is 7.89. The molecule has 6 heteroatoms. The molecule has 0 fully saturated rings. The van der Waals surface area contributed by atoms with Crippen LogP contribution < -0.4 is 4.72 Å². The van der Waals surface area contributed by atoms with E-state index in [4.69, 9.17) is 0 Å². The number of rotatable bonds is 4. The van der Waals surface area contributed by atoms with Crippen molar-refractivity contribution in [1.29, 1.82) is 0 Å². The topological polar surface area (TPSA) is 72.0 Å². The van der Waals surface area contributed by atoms with Crippen LogP contribution in [0.4, 0.5) is 0 Å². The van der Waals surface area contributed by atoms with Gasteiger partial charge in [0.2, 0.25) is 10.0 Å². The maximum atomic E-state index is 11.9. The fourth-order valence-corrected chi connectivity index (χ4v) is 2.29. The summed E-state index contributed by atoms with van der Waals surface area (Å²) in [5.74, 6) is 0. The molecule has 1 heterocycles. The third-order valence-corrected chi connectivity index (χ3v) is 3.56. The maximum Gasteiger partial charge on any atom is 0.240 e. The van der Waals surface area contributed by atoms with Gasteiger partial charge in [-0.1, -0.05) is 18.2 Å². The molecule has 0 aliphatic carbocycles. The molecule has 0 radical (unpaired) electrons. The molecule has 2 aromatic rings. The van der Waals surface area contributed by atoms with E-state index < -0.39 is 10.0 Å². The molecular formula is C11H11N3O2S. The van der Waals surface area contributed by atoms with Crippen LogP contribution in [0.25, 0.3) is 0 Å². The normalized spacial score (nSPS) is 11.3. The maximum absolute atomic E-state index is 11.9. The molecule has 1 aromatic heterocycles. The summed E-state index contributed by atoms with van der Waals surface area (Å²) in [4.78, 5) is 7.94. The summed E-state index contributed by atoms with van der Waals surface area (Å²) in [6.07, 6.45) is 2.95. The van der Waals surface area contributed by atoms with E-state index in [2.05, 4.69) is 14.7 Å². The van der Waals surface area contributed by atoms with Gasteiger partial charge in [-0.05, 0) is 18.2 Å². The lowest BCUT2D eigenvalue weighted by Gasteiger charge is -2.05. The van der Waals surface area contributed by atoms with Crippen molar-refractivity contribution in [3.8, 4) is 0 Å². The van der Waals surface area contributed by atoms with Crippen LogP contribution in [-0.2, 0) is 16.6 Å². The third kappa shape index (κ3) is 3.08. The van der Waals surface area contributed by atoms with Gasteiger partial charge in [0.25, 0.3) is 0 Å². The van der Waals surface area contributed by atoms with Gasteiger partial charge >= 0.3 is 0 Å². The minimum Gasteiger partial charge on any atom is -0.245 e. The summed E-state index contributed by atoms with van der Waals surface area (Å²) in [6, 6.07) is 9.88. The molecule has 1 N–H and O–H groups in total. The van der Waals surface area contributed by atoms with Gasteiger partial charge in [-0.15, -0.1) is 0 Å². The number of sulfonamides is 1. The zero-order chi connectivity index (χ0) is 12.1. The highest BCUT2D eigenvalue weighted by Crippen LogP contribution is 2.07. The summed E-state index contributed by atoms with van der Waals surface area (Å²) in [7, 11) is -3.47. The van der Waals surface area contributed by atoms with Crippen molar-refractivity contribution in [3.05, 3.63) is 54.6 Å². The van der Waals surface area contributed by atoms with Gasteiger partial charge in [0.15, 0.2) is 0 Å². The number of benzene rings is 1. The second kappa shape index (κ2) is 5.03. The molecule has 0 atom stereocenters. The van der Waals surface area contributed by atoms with Gasteiger partial charge < -0.3 is 0 Å². The van der Waals surface area contributed by atoms with Crippen LogP contribution in [0.5, 0.6) is 0 Å². The van der Waals surface area contributed by atoms with Crippen molar-refractivity contribution in [2.75, 3.05) is 0 Å². The van der Waals surface area contributed by atoms with E-state index >= 15 is 0 Å². The number of aromatic nitrogens is 2. The van der Waals surface area contributed by atoms with Gasteiger partial charge in [-0.25, -0.2) is 23.1 Å². The average Bonchev–Trinajstić information content (AvgIpc) is 2.39. The standard InChI is InChI=1S/C11H11N3O2S/c15-17(16,11-4-2-1-3-5-11)14-8-10-6-7-12-9-13-10/h1-7,9,14H,8H2. The lowest BCUT2D eigenvalue weighted by molar-refractivity contribution is 0.580. The van der Waals surface area contributed by atoms with Crippen LogP contribution in [-0.4, -0.2) is 18.4 Å². The van der Waals surface area contributed by atoms with E-state index in [0.717, 1.165) is 0 Å². The van der Waals surface area contributed by atoms with Crippen LogP contribution in [0.2, 0.25) is 0 Å². The predicted molar refractivity (Wildman–Crippen MR) is 62.5 cm³/mol. The van der Waals surface area contributed by atoms with Gasteiger partial charge in [-0.2, -0.15) is 0 Å². The summed E-state index contributed by atoms with van der Waals surface area (Å²) in [5, 5.41) is 0. The van der Waals surface area contributed by atoms with Crippen LogP contribution >= 0.6 is 0 Å². The number of nitrogens with one attached hydrogen (secondary N) is 1. The molecule has 0 unspecified atom stereocenters. The molecule has 2 rings (SSSR count). The predicted octanol–water partition coefficient (Wildman–Crippen LogP) is 0.955. The second-order valence-corrected chi connectivity index (χ2v) is 5.11. The van der Waals surface area contributed by atoms with Crippen LogP contribution in [0, 0.1) is 0 Å². The van der Waals surface area contributed by atoms with Gasteiger partial charge in [0.1, 0.15) is 6.33 Å². The second-order valence-electron chi connectivity index (χ2n) is 3.34. The smallest absolute Gasteiger partial charge is 0.240 e. The van der Waals surface area contributed by atoms with Crippen molar-refractivity contribution in [3.63, 3.8) is 0 Å². The lowest BCUT2D eigenvalue weighted by atomic mass is 10.4. The highest BCUT2D eigenvalue weighted by Gasteiger charge is 2.12. The van der Waals surface area contributed by atoms with Crippen LogP contribution in [0.1, 0.15) is 5.69 Å². The van der Waals surface area contributed by atoms with E-state index in [1.807, 2.05) is 0 Å². The van der Waals surface area contributed by atoms with E-state index in [0.29, 0.717) is 5.69 Å². The molecule has 0 saturated heterocycles. The monoisotopic (exact) mass is 249 g/mol. The third-order valence-electron chi connectivity index (χ3n) is 2.14. The Labute approximate surface area is 99.6 Å². The summed E-state index contributed by atoms with van der Waals surface area (Å²) in [5.41, 5.74) is 0.625. The van der Waals surface area contributed by atoms with E-state index in [1.54, 1.807) is 42.6 Å². The van der Waals surface area contributed by atoms with Gasteiger partial charge in [0.05, 0.1) is 17.1 Å². The quantitative estimate of drug-likeness (QED) is 0.875. The first-order valence-electron chi connectivity index (χ1n) is 4.98. The fourth-order valence-electron chi connectivity index (χ4n) is 1.27. The Hall–Kier alpha value is -1.79. The molecule has 0 aliphatic heterocycles. The minimum absolute atomic E-state index is 0.153. The zero-order valence-electron chi connectivity index (χ0n) is 8.95. The Bertz CT molecular complexity index is 570. The SMILES string of the molecule is O=S(=O)(NCc1ccncn1)c1ccccc1. The molecule has 1 aromatic carbocycles.